The summed E-state index contributed by atoms with van der Waals surface area (Å²) in [4.78, 5) is 2.20. The van der Waals surface area contributed by atoms with E-state index in [2.05, 4.69) is 57.0 Å². The molecule has 0 amide bonds. The normalized spacial score (nSPS) is 14.2. The van der Waals surface area contributed by atoms with Gasteiger partial charge in [-0.05, 0) is 44.5 Å². The summed E-state index contributed by atoms with van der Waals surface area (Å²) in [6.45, 7) is 7.10. The van der Waals surface area contributed by atoms with Crippen molar-refractivity contribution in [3.63, 3.8) is 0 Å². The summed E-state index contributed by atoms with van der Waals surface area (Å²) in [5, 5.41) is 10.6. The third kappa shape index (κ3) is 3.93. The van der Waals surface area contributed by atoms with E-state index in [1.165, 1.54) is 16.7 Å². The monoisotopic (exact) mass is 283 g/mol. The summed E-state index contributed by atoms with van der Waals surface area (Å²) in [5.41, 5.74) is 4.79. The van der Waals surface area contributed by atoms with Crippen LogP contribution in [-0.2, 0) is 6.54 Å². The number of hydrogen-bond acceptors (Lipinski definition) is 2. The fraction of sp³-hybridized carbons (Fsp3) is 0.368. The minimum absolute atomic E-state index is 0.0623. The molecule has 1 N–H and O–H groups in total. The number of likely N-dealkylation sites (N-methyl/N-ethyl adjacent to an activating group) is 1. The molecular weight excluding hydrogens is 258 g/mol. The van der Waals surface area contributed by atoms with Gasteiger partial charge in [0.05, 0.1) is 6.10 Å². The van der Waals surface area contributed by atoms with Gasteiger partial charge in [0.1, 0.15) is 0 Å². The molecule has 2 unspecified atom stereocenters. The summed E-state index contributed by atoms with van der Waals surface area (Å²) in [7, 11) is 2.06. The zero-order valence-corrected chi connectivity index (χ0v) is 13.4. The van der Waals surface area contributed by atoms with E-state index < -0.39 is 6.10 Å². The van der Waals surface area contributed by atoms with Gasteiger partial charge >= 0.3 is 0 Å². The summed E-state index contributed by atoms with van der Waals surface area (Å²) in [5.74, 6) is 0. The van der Waals surface area contributed by atoms with Crippen LogP contribution in [0.4, 0.5) is 0 Å². The number of rotatable bonds is 5. The summed E-state index contributed by atoms with van der Waals surface area (Å²) >= 11 is 0. The molecule has 0 fully saturated rings. The first-order valence-corrected chi connectivity index (χ1v) is 7.48. The van der Waals surface area contributed by atoms with E-state index in [1.54, 1.807) is 0 Å². The molecule has 0 radical (unpaired) electrons. The minimum atomic E-state index is -0.473. The van der Waals surface area contributed by atoms with E-state index >= 15 is 0 Å². The van der Waals surface area contributed by atoms with Gasteiger partial charge in [0.25, 0.3) is 0 Å². The fourth-order valence-electron chi connectivity index (χ4n) is 2.48. The van der Waals surface area contributed by atoms with Crippen molar-refractivity contribution in [1.29, 1.82) is 0 Å². The first-order valence-electron chi connectivity index (χ1n) is 7.48. The molecule has 2 atom stereocenters. The number of benzene rings is 2. The van der Waals surface area contributed by atoms with Crippen molar-refractivity contribution in [3.05, 3.63) is 70.8 Å². The smallest absolute Gasteiger partial charge is 0.0942 e. The quantitative estimate of drug-likeness (QED) is 0.900. The molecule has 0 aromatic heterocycles. The molecule has 0 spiro atoms. The van der Waals surface area contributed by atoms with E-state index in [0.717, 1.165) is 12.1 Å². The molecule has 2 nitrogen and oxygen atoms in total. The van der Waals surface area contributed by atoms with Crippen molar-refractivity contribution >= 4 is 0 Å². The molecule has 2 aromatic carbocycles. The van der Waals surface area contributed by atoms with Crippen LogP contribution in [0.15, 0.2) is 48.5 Å². The van der Waals surface area contributed by atoms with Crippen LogP contribution in [0.2, 0.25) is 0 Å². The highest BCUT2D eigenvalue weighted by atomic mass is 16.3. The summed E-state index contributed by atoms with van der Waals surface area (Å²) in [6, 6.07) is 16.6. The second-order valence-electron chi connectivity index (χ2n) is 5.94. The maximum Gasteiger partial charge on any atom is 0.0942 e. The van der Waals surface area contributed by atoms with Gasteiger partial charge in [-0.25, -0.2) is 0 Å². The molecule has 0 aliphatic heterocycles. The minimum Gasteiger partial charge on any atom is -0.387 e. The van der Waals surface area contributed by atoms with Gasteiger partial charge in [0, 0.05) is 12.6 Å². The number of nitrogens with zero attached hydrogens (tertiary/aromatic N) is 1. The Morgan fingerprint density at radius 3 is 2.24 bits per heavy atom. The zero-order chi connectivity index (χ0) is 15.4. The first-order chi connectivity index (χ1) is 9.99. The molecule has 21 heavy (non-hydrogen) atoms. The van der Waals surface area contributed by atoms with Crippen LogP contribution in [0.3, 0.4) is 0 Å². The van der Waals surface area contributed by atoms with E-state index in [1.807, 2.05) is 24.3 Å². The molecule has 0 bridgehead atoms. The van der Waals surface area contributed by atoms with Crippen molar-refractivity contribution in [2.24, 2.45) is 0 Å². The molecule has 0 saturated carbocycles. The van der Waals surface area contributed by atoms with Crippen molar-refractivity contribution < 1.29 is 5.11 Å². The lowest BCUT2D eigenvalue weighted by atomic mass is 10.0. The van der Waals surface area contributed by atoms with Crippen LogP contribution in [-0.4, -0.2) is 23.1 Å². The van der Waals surface area contributed by atoms with Gasteiger partial charge in [0.2, 0.25) is 0 Å². The van der Waals surface area contributed by atoms with Gasteiger partial charge < -0.3 is 5.11 Å². The summed E-state index contributed by atoms with van der Waals surface area (Å²) in [6.07, 6.45) is -0.473. The van der Waals surface area contributed by atoms with E-state index in [0.29, 0.717) is 0 Å². The molecular formula is C19H25NO. The Kier molecular flexibility index (Phi) is 5.16. The Hall–Kier alpha value is -1.64. The molecule has 0 aliphatic carbocycles. The van der Waals surface area contributed by atoms with Crippen LogP contribution in [0.1, 0.15) is 35.3 Å². The van der Waals surface area contributed by atoms with E-state index in [4.69, 9.17) is 0 Å². The van der Waals surface area contributed by atoms with Gasteiger partial charge in [-0.2, -0.15) is 0 Å². The highest BCUT2D eigenvalue weighted by Crippen LogP contribution is 2.22. The molecule has 2 heteroatoms. The average Bonchev–Trinajstić information content (AvgIpc) is 2.49. The third-order valence-corrected chi connectivity index (χ3v) is 4.25. The predicted molar refractivity (Wildman–Crippen MR) is 88.2 cm³/mol. The fourth-order valence-corrected chi connectivity index (χ4v) is 2.48. The van der Waals surface area contributed by atoms with Crippen molar-refractivity contribution in [1.82, 2.24) is 4.90 Å². The Morgan fingerprint density at radius 2 is 1.62 bits per heavy atom. The van der Waals surface area contributed by atoms with Crippen molar-refractivity contribution in [2.75, 3.05) is 7.05 Å². The predicted octanol–water partition coefficient (Wildman–Crippen LogP) is 3.86. The first kappa shape index (κ1) is 15.7. The summed E-state index contributed by atoms with van der Waals surface area (Å²) < 4.78 is 0. The van der Waals surface area contributed by atoms with Crippen LogP contribution in [0, 0.1) is 13.8 Å². The average molecular weight is 283 g/mol. The highest BCUT2D eigenvalue weighted by molar-refractivity contribution is 5.26. The molecule has 2 rings (SSSR count). The Balaban J connectivity index is 2.06. The molecule has 0 saturated heterocycles. The largest absolute Gasteiger partial charge is 0.387 e. The number of aliphatic hydroxyl groups is 1. The van der Waals surface area contributed by atoms with Gasteiger partial charge in [0.15, 0.2) is 0 Å². The van der Waals surface area contributed by atoms with Gasteiger partial charge in [-0.1, -0.05) is 54.1 Å². The van der Waals surface area contributed by atoms with E-state index in [-0.39, 0.29) is 6.04 Å². The zero-order valence-electron chi connectivity index (χ0n) is 13.4. The number of aryl methyl sites for hydroxylation is 2. The Labute approximate surface area is 128 Å². The van der Waals surface area contributed by atoms with Gasteiger partial charge in [-0.15, -0.1) is 0 Å². The molecule has 2 aromatic rings. The number of aliphatic hydroxyl groups excluding tert-OH is 1. The van der Waals surface area contributed by atoms with Crippen molar-refractivity contribution in [3.8, 4) is 0 Å². The Bertz CT molecular complexity index is 576. The lowest BCUT2D eigenvalue weighted by Crippen LogP contribution is -2.34. The van der Waals surface area contributed by atoms with Crippen LogP contribution >= 0.6 is 0 Å². The Morgan fingerprint density at radius 1 is 1.00 bits per heavy atom. The lowest BCUT2D eigenvalue weighted by molar-refractivity contribution is 0.0687. The molecule has 0 heterocycles. The maximum atomic E-state index is 10.6. The van der Waals surface area contributed by atoms with E-state index in [9.17, 15) is 5.11 Å². The third-order valence-electron chi connectivity index (χ3n) is 4.25. The van der Waals surface area contributed by atoms with Crippen LogP contribution in [0.25, 0.3) is 0 Å². The second kappa shape index (κ2) is 6.88. The lowest BCUT2D eigenvalue weighted by Gasteiger charge is -2.29. The van der Waals surface area contributed by atoms with Crippen molar-refractivity contribution in [2.45, 2.75) is 39.5 Å². The highest BCUT2D eigenvalue weighted by Gasteiger charge is 2.20. The second-order valence-corrected chi connectivity index (χ2v) is 5.94. The molecule has 0 aliphatic rings. The van der Waals surface area contributed by atoms with Crippen LogP contribution in [0.5, 0.6) is 0 Å². The van der Waals surface area contributed by atoms with Crippen LogP contribution < -0.4 is 0 Å². The SMILES string of the molecule is Cc1ccc(C(O)C(C)N(C)Cc2ccccc2C)cc1. The molecule has 112 valence electrons. The topological polar surface area (TPSA) is 23.5 Å². The number of hydrogen-bond donors (Lipinski definition) is 1. The van der Waals surface area contributed by atoms with Gasteiger partial charge in [-0.3, -0.25) is 4.90 Å². The standard InChI is InChI=1S/C19H25NO/c1-14-9-11-17(12-10-14)19(21)16(3)20(4)13-18-8-6-5-7-15(18)2/h5-12,16,19,21H,13H2,1-4H3. The maximum absolute atomic E-state index is 10.6.